The van der Waals surface area contributed by atoms with Gasteiger partial charge in [0.2, 0.25) is 0 Å². The van der Waals surface area contributed by atoms with E-state index in [9.17, 15) is 5.11 Å². The molecule has 0 aliphatic carbocycles. The second kappa shape index (κ2) is 6.88. The molecule has 2 nitrogen and oxygen atoms in total. The van der Waals surface area contributed by atoms with Gasteiger partial charge >= 0.3 is 0 Å². The molecule has 0 aliphatic rings. The molecule has 1 atom stereocenters. The Labute approximate surface area is 117 Å². The lowest BCUT2D eigenvalue weighted by atomic mass is 9.83. The molecule has 98 valence electrons. The van der Waals surface area contributed by atoms with Crippen LogP contribution in [0.15, 0.2) is 15.9 Å². The summed E-state index contributed by atoms with van der Waals surface area (Å²) in [5, 5.41) is 15.2. The molecule has 0 aromatic carbocycles. The maximum Gasteiger partial charge on any atom is 0.0499 e. The summed E-state index contributed by atoms with van der Waals surface area (Å²) < 4.78 is 1.14. The van der Waals surface area contributed by atoms with E-state index in [-0.39, 0.29) is 12.0 Å². The van der Waals surface area contributed by atoms with Crippen LogP contribution < -0.4 is 5.32 Å². The van der Waals surface area contributed by atoms with E-state index in [1.54, 1.807) is 11.3 Å². The average Bonchev–Trinajstić information content (AvgIpc) is 2.78. The van der Waals surface area contributed by atoms with Gasteiger partial charge in [0.05, 0.1) is 0 Å². The van der Waals surface area contributed by atoms with Crippen LogP contribution in [-0.2, 0) is 0 Å². The zero-order chi connectivity index (χ0) is 12.9. The monoisotopic (exact) mass is 319 g/mol. The summed E-state index contributed by atoms with van der Waals surface area (Å²) in [7, 11) is 0. The van der Waals surface area contributed by atoms with Gasteiger partial charge in [-0.2, -0.15) is 0 Å². The van der Waals surface area contributed by atoms with E-state index in [2.05, 4.69) is 53.5 Å². The molecule has 4 heteroatoms. The molecule has 1 rings (SSSR count). The average molecular weight is 320 g/mol. The minimum Gasteiger partial charge on any atom is -0.396 e. The first kappa shape index (κ1) is 15.2. The third kappa shape index (κ3) is 4.05. The Kier molecular flexibility index (Phi) is 6.13. The quantitative estimate of drug-likeness (QED) is 0.797. The van der Waals surface area contributed by atoms with Gasteiger partial charge < -0.3 is 10.4 Å². The predicted molar refractivity (Wildman–Crippen MR) is 78.5 cm³/mol. The van der Waals surface area contributed by atoms with Crippen LogP contribution in [0.4, 0.5) is 0 Å². The lowest BCUT2D eigenvalue weighted by molar-refractivity contribution is 0.110. The van der Waals surface area contributed by atoms with Crippen LogP contribution in [0.2, 0.25) is 0 Å². The van der Waals surface area contributed by atoms with Crippen LogP contribution in [0.3, 0.4) is 0 Å². The smallest absolute Gasteiger partial charge is 0.0499 e. The van der Waals surface area contributed by atoms with Gasteiger partial charge in [-0.05, 0) is 41.8 Å². The van der Waals surface area contributed by atoms with E-state index < -0.39 is 0 Å². The summed E-state index contributed by atoms with van der Waals surface area (Å²) >= 11 is 5.23. The normalized spacial score (nSPS) is 13.9. The Morgan fingerprint density at radius 2 is 2.12 bits per heavy atom. The van der Waals surface area contributed by atoms with Crippen molar-refractivity contribution >= 4 is 27.3 Å². The van der Waals surface area contributed by atoms with Crippen molar-refractivity contribution in [1.82, 2.24) is 5.32 Å². The van der Waals surface area contributed by atoms with E-state index in [0.717, 1.165) is 23.9 Å². The molecule has 0 saturated heterocycles. The van der Waals surface area contributed by atoms with Crippen LogP contribution in [0.1, 0.15) is 44.5 Å². The maximum atomic E-state index is 9.52. The van der Waals surface area contributed by atoms with E-state index >= 15 is 0 Å². The van der Waals surface area contributed by atoms with Crippen LogP contribution in [0, 0.1) is 5.41 Å². The van der Waals surface area contributed by atoms with Crippen molar-refractivity contribution < 1.29 is 5.11 Å². The first-order chi connectivity index (χ1) is 8.06. The molecule has 0 saturated carbocycles. The minimum absolute atomic E-state index is 0.0305. The molecule has 2 N–H and O–H groups in total. The predicted octanol–water partition coefficient (Wildman–Crippen LogP) is 3.96. The van der Waals surface area contributed by atoms with E-state index in [1.807, 2.05) is 0 Å². The molecule has 1 aromatic rings. The lowest BCUT2D eigenvalue weighted by Crippen LogP contribution is -2.37. The third-order valence-corrected chi connectivity index (χ3v) is 5.51. The SMILES string of the molecule is CCC(CC)(CO)CNC(C)c1cc(Br)cs1. The molecular weight excluding hydrogens is 298 g/mol. The highest BCUT2D eigenvalue weighted by Gasteiger charge is 2.25. The second-order valence-corrected chi connectivity index (χ2v) is 6.49. The zero-order valence-corrected chi connectivity index (χ0v) is 13.2. The van der Waals surface area contributed by atoms with E-state index in [0.29, 0.717) is 6.04 Å². The van der Waals surface area contributed by atoms with E-state index in [1.165, 1.54) is 4.88 Å². The number of hydrogen-bond acceptors (Lipinski definition) is 3. The third-order valence-electron chi connectivity index (χ3n) is 3.63. The van der Waals surface area contributed by atoms with Gasteiger partial charge in [-0.25, -0.2) is 0 Å². The summed E-state index contributed by atoms with van der Waals surface area (Å²) in [5.41, 5.74) is 0.0305. The summed E-state index contributed by atoms with van der Waals surface area (Å²) in [6, 6.07) is 2.50. The van der Waals surface area contributed by atoms with Crippen molar-refractivity contribution in [3.8, 4) is 0 Å². The second-order valence-electron chi connectivity index (χ2n) is 4.64. The van der Waals surface area contributed by atoms with Crippen LogP contribution >= 0.6 is 27.3 Å². The summed E-state index contributed by atoms with van der Waals surface area (Å²) in [6.45, 7) is 7.59. The highest BCUT2D eigenvalue weighted by molar-refractivity contribution is 9.10. The molecule has 1 aromatic heterocycles. The molecule has 0 aliphatic heterocycles. The molecule has 0 radical (unpaired) electrons. The van der Waals surface area contributed by atoms with Crippen molar-refractivity contribution in [2.24, 2.45) is 5.41 Å². The van der Waals surface area contributed by atoms with Crippen LogP contribution in [0.5, 0.6) is 0 Å². The Hall–Kier alpha value is 0.1000. The Morgan fingerprint density at radius 1 is 1.47 bits per heavy atom. The van der Waals surface area contributed by atoms with Gasteiger partial charge in [0.25, 0.3) is 0 Å². The van der Waals surface area contributed by atoms with Crippen molar-refractivity contribution in [2.75, 3.05) is 13.2 Å². The van der Waals surface area contributed by atoms with Gasteiger partial charge in [-0.3, -0.25) is 0 Å². The largest absolute Gasteiger partial charge is 0.396 e. The molecule has 0 spiro atoms. The highest BCUT2D eigenvalue weighted by atomic mass is 79.9. The Morgan fingerprint density at radius 3 is 2.53 bits per heavy atom. The van der Waals surface area contributed by atoms with Gasteiger partial charge in [0.1, 0.15) is 0 Å². The fourth-order valence-corrected chi connectivity index (χ4v) is 3.28. The van der Waals surface area contributed by atoms with Crippen molar-refractivity contribution in [1.29, 1.82) is 0 Å². The molecule has 17 heavy (non-hydrogen) atoms. The van der Waals surface area contributed by atoms with Crippen LogP contribution in [-0.4, -0.2) is 18.3 Å². The van der Waals surface area contributed by atoms with Gasteiger partial charge in [0, 0.05) is 39.3 Å². The fourth-order valence-electron chi connectivity index (χ4n) is 1.81. The number of rotatable bonds is 7. The molecule has 0 fully saturated rings. The summed E-state index contributed by atoms with van der Waals surface area (Å²) in [5.74, 6) is 0. The first-order valence-electron chi connectivity index (χ1n) is 6.15. The fraction of sp³-hybridized carbons (Fsp3) is 0.692. The van der Waals surface area contributed by atoms with E-state index in [4.69, 9.17) is 0 Å². The molecule has 0 bridgehead atoms. The number of aliphatic hydroxyl groups is 1. The number of thiophene rings is 1. The lowest BCUT2D eigenvalue weighted by Gasteiger charge is -2.31. The molecule has 1 heterocycles. The Bertz CT molecular complexity index is 328. The first-order valence-corrected chi connectivity index (χ1v) is 7.82. The van der Waals surface area contributed by atoms with Crippen LogP contribution in [0.25, 0.3) is 0 Å². The molecule has 1 unspecified atom stereocenters. The minimum atomic E-state index is 0.0305. The summed E-state index contributed by atoms with van der Waals surface area (Å²) in [4.78, 5) is 1.33. The zero-order valence-electron chi connectivity index (χ0n) is 10.8. The van der Waals surface area contributed by atoms with Gasteiger partial charge in [-0.1, -0.05) is 13.8 Å². The van der Waals surface area contributed by atoms with Gasteiger partial charge in [-0.15, -0.1) is 11.3 Å². The van der Waals surface area contributed by atoms with Crippen molar-refractivity contribution in [3.63, 3.8) is 0 Å². The molecule has 0 amide bonds. The molecular formula is C13H22BrNOS. The van der Waals surface area contributed by atoms with Crippen molar-refractivity contribution in [3.05, 3.63) is 20.8 Å². The number of nitrogens with one attached hydrogen (secondary N) is 1. The number of halogens is 1. The highest BCUT2D eigenvalue weighted by Crippen LogP contribution is 2.28. The maximum absolute atomic E-state index is 9.52. The van der Waals surface area contributed by atoms with Crippen molar-refractivity contribution in [2.45, 2.75) is 39.7 Å². The summed E-state index contributed by atoms with van der Waals surface area (Å²) in [6.07, 6.45) is 2.02. The standard InChI is InChI=1S/C13H22BrNOS/c1-4-13(5-2,9-16)8-15-10(3)12-6-11(14)7-17-12/h6-7,10,15-16H,4-5,8-9H2,1-3H3. The Balaban J connectivity index is 2.55. The number of hydrogen-bond donors (Lipinski definition) is 2. The topological polar surface area (TPSA) is 32.3 Å². The number of aliphatic hydroxyl groups excluding tert-OH is 1. The van der Waals surface area contributed by atoms with Gasteiger partial charge in [0.15, 0.2) is 0 Å².